The first-order valence-electron chi connectivity index (χ1n) is 4.49. The molecule has 0 aliphatic rings. The van der Waals surface area contributed by atoms with Crippen molar-refractivity contribution in [3.05, 3.63) is 16.1 Å². The van der Waals surface area contributed by atoms with Crippen LogP contribution in [0.2, 0.25) is 0 Å². The highest BCUT2D eigenvalue weighted by molar-refractivity contribution is 7.90. The molecule has 2 N–H and O–H groups in total. The van der Waals surface area contributed by atoms with Crippen molar-refractivity contribution in [3.8, 4) is 0 Å². The van der Waals surface area contributed by atoms with Crippen LogP contribution in [-0.4, -0.2) is 36.8 Å². The molecule has 0 bridgehead atoms. The summed E-state index contributed by atoms with van der Waals surface area (Å²) in [6.45, 7) is 2.03. The largest absolute Gasteiger partial charge is 0.480 e. The number of hydrogen-bond donors (Lipinski definition) is 2. The molecule has 0 fully saturated rings. The van der Waals surface area contributed by atoms with Gasteiger partial charge in [0.05, 0.1) is 10.7 Å². The number of aliphatic carboxylic acids is 1. The van der Waals surface area contributed by atoms with Crippen LogP contribution in [0.3, 0.4) is 0 Å². The second-order valence-corrected chi connectivity index (χ2v) is 6.02. The molecule has 0 unspecified atom stereocenters. The van der Waals surface area contributed by atoms with Crippen LogP contribution in [0.1, 0.15) is 10.7 Å². The van der Waals surface area contributed by atoms with E-state index >= 15 is 0 Å². The Labute approximate surface area is 97.4 Å². The molecule has 0 saturated carbocycles. The van der Waals surface area contributed by atoms with Gasteiger partial charge in [0, 0.05) is 18.3 Å². The second kappa shape index (κ2) is 5.37. The molecule has 0 atom stereocenters. The van der Waals surface area contributed by atoms with Crippen molar-refractivity contribution < 1.29 is 18.3 Å². The van der Waals surface area contributed by atoms with E-state index in [1.54, 1.807) is 0 Å². The lowest BCUT2D eigenvalue weighted by molar-refractivity contribution is -0.134. The third-order valence-corrected chi connectivity index (χ3v) is 3.78. The zero-order valence-electron chi connectivity index (χ0n) is 8.63. The molecule has 0 spiro atoms. The van der Waals surface area contributed by atoms with Crippen LogP contribution in [0.15, 0.2) is 5.38 Å². The molecule has 8 heteroatoms. The van der Waals surface area contributed by atoms with Gasteiger partial charge in [-0.1, -0.05) is 0 Å². The van der Waals surface area contributed by atoms with Crippen molar-refractivity contribution in [2.24, 2.45) is 0 Å². The van der Waals surface area contributed by atoms with E-state index in [4.69, 9.17) is 5.11 Å². The fourth-order valence-electron chi connectivity index (χ4n) is 1.07. The number of carboxylic acid groups (broad SMARTS) is 1. The van der Waals surface area contributed by atoms with E-state index in [1.165, 1.54) is 11.3 Å². The van der Waals surface area contributed by atoms with Crippen LogP contribution in [0.4, 0.5) is 0 Å². The molecule has 0 aliphatic carbocycles. The van der Waals surface area contributed by atoms with Crippen molar-refractivity contribution in [3.63, 3.8) is 0 Å². The molecular formula is C8H12N2O4S2. The number of carboxylic acids is 1. The number of rotatable bonds is 6. The molecule has 1 aromatic rings. The first-order valence-corrected chi connectivity index (χ1v) is 7.02. The van der Waals surface area contributed by atoms with Gasteiger partial charge in [0.15, 0.2) is 5.75 Å². The van der Waals surface area contributed by atoms with E-state index < -0.39 is 21.7 Å². The predicted molar refractivity (Wildman–Crippen MR) is 60.0 cm³/mol. The number of hydrogen-bond acceptors (Lipinski definition) is 5. The Morgan fingerprint density at radius 1 is 1.62 bits per heavy atom. The molecule has 1 aromatic heterocycles. The van der Waals surface area contributed by atoms with E-state index in [2.05, 4.69) is 9.71 Å². The lowest BCUT2D eigenvalue weighted by atomic mass is 10.3. The summed E-state index contributed by atoms with van der Waals surface area (Å²) >= 11 is 1.49. The Hall–Kier alpha value is -0.990. The van der Waals surface area contributed by atoms with Crippen molar-refractivity contribution in [1.82, 2.24) is 9.71 Å². The van der Waals surface area contributed by atoms with E-state index in [1.807, 2.05) is 12.3 Å². The number of sulfonamides is 1. The molecule has 0 saturated heterocycles. The van der Waals surface area contributed by atoms with Gasteiger partial charge in [-0.3, -0.25) is 4.79 Å². The van der Waals surface area contributed by atoms with E-state index in [0.717, 1.165) is 10.7 Å². The zero-order valence-corrected chi connectivity index (χ0v) is 10.3. The van der Waals surface area contributed by atoms with Crippen LogP contribution in [-0.2, 0) is 21.2 Å². The first kappa shape index (κ1) is 13.1. The summed E-state index contributed by atoms with van der Waals surface area (Å²) in [5.41, 5.74) is 0.806. The maximum Gasteiger partial charge on any atom is 0.320 e. The van der Waals surface area contributed by atoms with Gasteiger partial charge in [0.2, 0.25) is 10.0 Å². The van der Waals surface area contributed by atoms with E-state index in [0.29, 0.717) is 6.42 Å². The summed E-state index contributed by atoms with van der Waals surface area (Å²) in [6.07, 6.45) is 0.461. The van der Waals surface area contributed by atoms with E-state index in [9.17, 15) is 13.2 Å². The third kappa shape index (κ3) is 4.69. The standard InChI is InChI=1S/C8H12N2O4S2/c1-6-10-7(4-15-6)2-3-9-16(13,14)5-8(11)12/h4,9H,2-3,5H2,1H3,(H,11,12). The summed E-state index contributed by atoms with van der Waals surface area (Å²) < 4.78 is 24.5. The smallest absolute Gasteiger partial charge is 0.320 e. The Kier molecular flexibility index (Phi) is 4.39. The van der Waals surface area contributed by atoms with E-state index in [-0.39, 0.29) is 6.54 Å². The van der Waals surface area contributed by atoms with Crippen molar-refractivity contribution in [1.29, 1.82) is 0 Å². The molecular weight excluding hydrogens is 252 g/mol. The number of aromatic nitrogens is 1. The molecule has 0 amide bonds. The van der Waals surface area contributed by atoms with Crippen LogP contribution in [0, 0.1) is 6.92 Å². The maximum absolute atomic E-state index is 11.1. The zero-order chi connectivity index (χ0) is 12.2. The minimum Gasteiger partial charge on any atom is -0.480 e. The van der Waals surface area contributed by atoms with Crippen LogP contribution in [0.25, 0.3) is 0 Å². The molecule has 0 radical (unpaired) electrons. The topological polar surface area (TPSA) is 96.4 Å². The van der Waals surface area contributed by atoms with Gasteiger partial charge in [-0.2, -0.15) is 0 Å². The number of nitrogens with one attached hydrogen (secondary N) is 1. The van der Waals surface area contributed by atoms with Gasteiger partial charge in [0.25, 0.3) is 0 Å². The molecule has 0 aliphatic heterocycles. The van der Waals surface area contributed by atoms with Gasteiger partial charge in [-0.25, -0.2) is 18.1 Å². The summed E-state index contributed by atoms with van der Waals surface area (Å²) in [4.78, 5) is 14.4. The summed E-state index contributed by atoms with van der Waals surface area (Å²) in [5.74, 6) is -2.26. The Balaban J connectivity index is 2.38. The fourth-order valence-corrected chi connectivity index (χ4v) is 2.56. The maximum atomic E-state index is 11.1. The van der Waals surface area contributed by atoms with Crippen molar-refractivity contribution >= 4 is 27.3 Å². The highest BCUT2D eigenvalue weighted by Crippen LogP contribution is 2.07. The summed E-state index contributed by atoms with van der Waals surface area (Å²) in [7, 11) is -3.72. The lowest BCUT2D eigenvalue weighted by Crippen LogP contribution is -2.31. The Bertz CT molecular complexity index is 466. The summed E-state index contributed by atoms with van der Waals surface area (Å²) in [6, 6.07) is 0. The lowest BCUT2D eigenvalue weighted by Gasteiger charge is -2.02. The van der Waals surface area contributed by atoms with Crippen LogP contribution in [0.5, 0.6) is 0 Å². The number of carbonyl (C=O) groups is 1. The molecule has 6 nitrogen and oxygen atoms in total. The minimum atomic E-state index is -3.72. The van der Waals surface area contributed by atoms with Crippen molar-refractivity contribution in [2.45, 2.75) is 13.3 Å². The predicted octanol–water partition coefficient (Wildman–Crippen LogP) is -0.00198. The quantitative estimate of drug-likeness (QED) is 0.753. The average Bonchev–Trinajstić information content (AvgIpc) is 2.48. The minimum absolute atomic E-state index is 0.165. The highest BCUT2D eigenvalue weighted by Gasteiger charge is 2.14. The number of aryl methyl sites for hydroxylation is 1. The first-order chi connectivity index (χ1) is 7.39. The monoisotopic (exact) mass is 264 g/mol. The van der Waals surface area contributed by atoms with Crippen LogP contribution >= 0.6 is 11.3 Å². The molecule has 1 heterocycles. The third-order valence-electron chi connectivity index (χ3n) is 1.68. The van der Waals surface area contributed by atoms with Crippen LogP contribution < -0.4 is 4.72 Å². The number of thiazole rings is 1. The molecule has 1 rings (SSSR count). The highest BCUT2D eigenvalue weighted by atomic mass is 32.2. The average molecular weight is 264 g/mol. The summed E-state index contributed by atoms with van der Waals surface area (Å²) in [5, 5.41) is 11.1. The van der Waals surface area contributed by atoms with Crippen molar-refractivity contribution in [2.75, 3.05) is 12.3 Å². The Morgan fingerprint density at radius 3 is 2.81 bits per heavy atom. The number of nitrogens with zero attached hydrogens (tertiary/aromatic N) is 1. The normalized spacial score (nSPS) is 11.6. The van der Waals surface area contributed by atoms with Gasteiger partial charge in [-0.15, -0.1) is 11.3 Å². The second-order valence-electron chi connectivity index (χ2n) is 3.16. The molecule has 90 valence electrons. The Morgan fingerprint density at radius 2 is 2.31 bits per heavy atom. The molecule has 16 heavy (non-hydrogen) atoms. The van der Waals surface area contributed by atoms with Gasteiger partial charge in [0.1, 0.15) is 0 Å². The fraction of sp³-hybridized carbons (Fsp3) is 0.500. The van der Waals surface area contributed by atoms with Gasteiger partial charge >= 0.3 is 5.97 Å². The SMILES string of the molecule is Cc1nc(CCNS(=O)(=O)CC(=O)O)cs1. The van der Waals surface area contributed by atoms with Gasteiger partial charge in [-0.05, 0) is 6.92 Å². The van der Waals surface area contributed by atoms with Gasteiger partial charge < -0.3 is 5.11 Å². The molecule has 0 aromatic carbocycles.